The zero-order chi connectivity index (χ0) is 22.2. The summed E-state index contributed by atoms with van der Waals surface area (Å²) in [6.07, 6.45) is -3.46. The maximum atomic E-state index is 12.6. The maximum Gasteiger partial charge on any atom is 0.425 e. The van der Waals surface area contributed by atoms with Crippen molar-refractivity contribution in [3.05, 3.63) is 22.8 Å². The topological polar surface area (TPSA) is 147 Å². The molecular weight excluding hydrogens is 451 g/mol. The number of carboxylic acid groups (broad SMARTS) is 1. The van der Waals surface area contributed by atoms with Crippen molar-refractivity contribution < 1.29 is 37.5 Å². The summed E-state index contributed by atoms with van der Waals surface area (Å²) < 4.78 is 37.0. The first-order valence-electron chi connectivity index (χ1n) is 8.19. The number of nitrogens with two attached hydrogens (primary N) is 1. The fourth-order valence-electron chi connectivity index (χ4n) is 2.65. The van der Waals surface area contributed by atoms with E-state index >= 15 is 0 Å². The SMILES string of the molecule is CC1S[C@@H]2C(NC(=O)C(=NOCC(F)(F)F)c3csc(N)n3)C(=O)N2C=C1C(=O)O. The molecule has 0 radical (unpaired) electrons. The lowest BCUT2D eigenvalue weighted by molar-refractivity contribution is -0.174. The third-order valence-corrected chi connectivity index (χ3v) is 6.15. The number of carbonyl (C=O) groups is 3. The summed E-state index contributed by atoms with van der Waals surface area (Å²) in [5.74, 6) is -2.72. The number of carbonyl (C=O) groups excluding carboxylic acids is 2. The van der Waals surface area contributed by atoms with Gasteiger partial charge in [0.15, 0.2) is 10.8 Å². The highest BCUT2D eigenvalue weighted by atomic mass is 32.2. The Bertz CT molecular complexity index is 947. The average Bonchev–Trinajstić information content (AvgIpc) is 3.07. The molecule has 1 fully saturated rings. The number of alkyl halides is 3. The van der Waals surface area contributed by atoms with Crippen LogP contribution in [0, 0.1) is 0 Å². The number of rotatable bonds is 6. The zero-order valence-corrected chi connectivity index (χ0v) is 16.7. The van der Waals surface area contributed by atoms with Crippen LogP contribution in [-0.2, 0) is 19.2 Å². The Hall–Kier alpha value is -2.81. The molecule has 0 saturated carbocycles. The van der Waals surface area contributed by atoms with Gasteiger partial charge in [0, 0.05) is 16.8 Å². The van der Waals surface area contributed by atoms with Crippen molar-refractivity contribution >= 4 is 51.7 Å². The molecule has 10 nitrogen and oxygen atoms in total. The van der Waals surface area contributed by atoms with Crippen LogP contribution in [0.1, 0.15) is 12.6 Å². The van der Waals surface area contributed by atoms with Gasteiger partial charge in [-0.2, -0.15) is 13.2 Å². The van der Waals surface area contributed by atoms with E-state index in [-0.39, 0.29) is 16.4 Å². The number of amides is 2. The highest BCUT2D eigenvalue weighted by Gasteiger charge is 2.52. The molecule has 2 unspecified atom stereocenters. The van der Waals surface area contributed by atoms with Crippen LogP contribution in [0.2, 0.25) is 0 Å². The lowest BCUT2D eigenvalue weighted by Gasteiger charge is -2.48. The quantitative estimate of drug-likeness (QED) is 0.317. The summed E-state index contributed by atoms with van der Waals surface area (Å²) in [5, 5.41) is 15.1. The monoisotopic (exact) mass is 465 g/mol. The molecule has 15 heteroatoms. The Balaban J connectivity index is 1.76. The normalized spacial score (nSPS) is 23.9. The van der Waals surface area contributed by atoms with E-state index in [2.05, 4.69) is 20.3 Å². The van der Waals surface area contributed by atoms with E-state index in [9.17, 15) is 27.6 Å². The van der Waals surface area contributed by atoms with E-state index in [1.54, 1.807) is 6.92 Å². The lowest BCUT2D eigenvalue weighted by atomic mass is 10.1. The van der Waals surface area contributed by atoms with Gasteiger partial charge >= 0.3 is 12.1 Å². The highest BCUT2D eigenvalue weighted by molar-refractivity contribution is 8.00. The Kier molecular flexibility index (Phi) is 5.94. The standard InChI is InChI=1S/C15H14F3N5O5S2/c1-5-6(13(26)27)2-23-11(25)9(12(23)30-5)21-10(24)8(7-3-29-14(19)20-7)22-28-4-15(16,17)18/h2-3,5,9,12H,4H2,1H3,(H2,19,20)(H,21,24)(H,26,27)/t5?,9?,12-/m1/s1. The van der Waals surface area contributed by atoms with Gasteiger partial charge in [0.2, 0.25) is 6.61 Å². The second-order valence-corrected chi connectivity index (χ2v) is 8.51. The molecule has 2 amide bonds. The van der Waals surface area contributed by atoms with E-state index in [1.165, 1.54) is 16.5 Å². The van der Waals surface area contributed by atoms with E-state index in [1.807, 2.05) is 0 Å². The Morgan fingerprint density at radius 2 is 2.17 bits per heavy atom. The number of oxime groups is 1. The van der Waals surface area contributed by atoms with E-state index < -0.39 is 52.9 Å². The maximum absolute atomic E-state index is 12.6. The number of hydrogen-bond acceptors (Lipinski definition) is 9. The Labute approximate surface area is 174 Å². The summed E-state index contributed by atoms with van der Waals surface area (Å²) >= 11 is 2.08. The number of aliphatic carboxylic acids is 1. The van der Waals surface area contributed by atoms with Crippen LogP contribution in [-0.4, -0.2) is 67.9 Å². The predicted molar refractivity (Wildman–Crippen MR) is 100 cm³/mol. The van der Waals surface area contributed by atoms with Gasteiger partial charge in [0.1, 0.15) is 17.1 Å². The predicted octanol–water partition coefficient (Wildman–Crippen LogP) is 0.765. The molecule has 0 bridgehead atoms. The first-order chi connectivity index (χ1) is 14.0. The number of β-lactam (4-membered cyclic amide) rings is 1. The van der Waals surface area contributed by atoms with Crippen molar-refractivity contribution in [2.24, 2.45) is 5.16 Å². The number of fused-ring (bicyclic) bond motifs is 1. The van der Waals surface area contributed by atoms with Crippen LogP contribution in [0.25, 0.3) is 0 Å². The minimum atomic E-state index is -4.67. The number of aromatic nitrogens is 1. The number of carboxylic acids is 1. The Morgan fingerprint density at radius 3 is 2.73 bits per heavy atom. The van der Waals surface area contributed by atoms with Crippen molar-refractivity contribution in [1.29, 1.82) is 0 Å². The summed E-state index contributed by atoms with van der Waals surface area (Å²) in [6.45, 7) is -0.0855. The molecule has 2 aliphatic rings. The lowest BCUT2D eigenvalue weighted by Crippen LogP contribution is -2.69. The zero-order valence-electron chi connectivity index (χ0n) is 15.0. The third kappa shape index (κ3) is 4.51. The van der Waals surface area contributed by atoms with Gasteiger partial charge in [-0.3, -0.25) is 9.59 Å². The molecular formula is C15H14F3N5O5S2. The smallest absolute Gasteiger partial charge is 0.425 e. The minimum absolute atomic E-state index is 0.0372. The van der Waals surface area contributed by atoms with Crippen molar-refractivity contribution in [3.8, 4) is 0 Å². The van der Waals surface area contributed by atoms with Crippen LogP contribution in [0.15, 0.2) is 22.3 Å². The number of nitrogens with zero attached hydrogens (tertiary/aromatic N) is 3. The molecule has 1 saturated heterocycles. The second kappa shape index (κ2) is 8.14. The molecule has 1 aromatic heterocycles. The van der Waals surface area contributed by atoms with Gasteiger partial charge in [0.25, 0.3) is 11.8 Å². The number of thioether (sulfide) groups is 1. The van der Waals surface area contributed by atoms with Crippen LogP contribution in [0.3, 0.4) is 0 Å². The second-order valence-electron chi connectivity index (χ2n) is 6.15. The summed E-state index contributed by atoms with van der Waals surface area (Å²) in [6, 6.07) is -1.03. The van der Waals surface area contributed by atoms with Gasteiger partial charge in [0.05, 0.1) is 5.57 Å². The number of hydrogen-bond donors (Lipinski definition) is 3. The molecule has 30 heavy (non-hydrogen) atoms. The first-order valence-corrected chi connectivity index (χ1v) is 10.0. The molecule has 3 rings (SSSR count). The van der Waals surface area contributed by atoms with Crippen molar-refractivity contribution in [2.75, 3.05) is 12.3 Å². The third-order valence-electron chi connectivity index (χ3n) is 4.04. The number of nitrogens with one attached hydrogen (secondary N) is 1. The van der Waals surface area contributed by atoms with E-state index in [4.69, 9.17) is 10.8 Å². The molecule has 2 aliphatic heterocycles. The van der Waals surface area contributed by atoms with Crippen molar-refractivity contribution in [1.82, 2.24) is 15.2 Å². The number of halogens is 3. The van der Waals surface area contributed by atoms with Gasteiger partial charge in [-0.15, -0.1) is 23.1 Å². The minimum Gasteiger partial charge on any atom is -0.478 e. The molecule has 3 atom stereocenters. The molecule has 162 valence electrons. The molecule has 0 aliphatic carbocycles. The fraction of sp³-hybridized carbons (Fsp3) is 0.400. The highest BCUT2D eigenvalue weighted by Crippen LogP contribution is 2.40. The van der Waals surface area contributed by atoms with Crippen LogP contribution in [0.4, 0.5) is 18.3 Å². The summed E-state index contributed by atoms with van der Waals surface area (Å²) in [4.78, 5) is 45.4. The Morgan fingerprint density at radius 1 is 1.47 bits per heavy atom. The van der Waals surface area contributed by atoms with Crippen LogP contribution >= 0.6 is 23.1 Å². The molecule has 3 heterocycles. The summed E-state index contributed by atoms with van der Waals surface area (Å²) in [7, 11) is 0. The average molecular weight is 465 g/mol. The fourth-order valence-corrected chi connectivity index (χ4v) is 4.56. The number of thiazole rings is 1. The van der Waals surface area contributed by atoms with E-state index in [0.717, 1.165) is 23.1 Å². The first kappa shape index (κ1) is 21.9. The molecule has 0 aromatic carbocycles. The number of nitrogen functional groups attached to an aromatic ring is 1. The van der Waals surface area contributed by atoms with Crippen molar-refractivity contribution in [2.45, 2.75) is 29.8 Å². The molecule has 0 spiro atoms. The largest absolute Gasteiger partial charge is 0.478 e. The van der Waals surface area contributed by atoms with Crippen LogP contribution < -0.4 is 11.1 Å². The van der Waals surface area contributed by atoms with Gasteiger partial charge in [-0.25, -0.2) is 9.78 Å². The summed E-state index contributed by atoms with van der Waals surface area (Å²) in [5.41, 5.74) is 4.85. The molecule has 1 aromatic rings. The van der Waals surface area contributed by atoms with Gasteiger partial charge in [-0.1, -0.05) is 5.16 Å². The number of anilines is 1. The molecule has 4 N–H and O–H groups in total. The van der Waals surface area contributed by atoms with Crippen molar-refractivity contribution in [3.63, 3.8) is 0 Å². The van der Waals surface area contributed by atoms with Gasteiger partial charge < -0.3 is 25.9 Å². The van der Waals surface area contributed by atoms with Gasteiger partial charge in [-0.05, 0) is 6.92 Å². The van der Waals surface area contributed by atoms with Crippen LogP contribution in [0.5, 0.6) is 0 Å². The van der Waals surface area contributed by atoms with E-state index in [0.29, 0.717) is 0 Å².